The zero-order chi connectivity index (χ0) is 17.9. The predicted molar refractivity (Wildman–Crippen MR) is 101 cm³/mol. The third kappa shape index (κ3) is 5.30. The average molecular weight is 381 g/mol. The molecule has 1 fully saturated rings. The van der Waals surface area contributed by atoms with Crippen LogP contribution in [0.4, 0.5) is 5.69 Å². The van der Waals surface area contributed by atoms with Crippen LogP contribution in [0.15, 0.2) is 48.5 Å². The van der Waals surface area contributed by atoms with Gasteiger partial charge in [-0.05, 0) is 23.3 Å². The molecular weight excluding hydrogens is 359 g/mol. The molecule has 0 bridgehead atoms. The summed E-state index contributed by atoms with van der Waals surface area (Å²) in [5, 5.41) is 0.789. The zero-order valence-electron chi connectivity index (χ0n) is 13.9. The molecule has 0 saturated carbocycles. The molecule has 0 amide bonds. The number of benzene rings is 2. The van der Waals surface area contributed by atoms with Crippen LogP contribution < -0.4 is 4.90 Å². The fourth-order valence-corrected chi connectivity index (χ4v) is 4.04. The summed E-state index contributed by atoms with van der Waals surface area (Å²) in [6.45, 7) is 4.61. The minimum atomic E-state index is -4.00. The Kier molecular flexibility index (Phi) is 5.82. The van der Waals surface area contributed by atoms with Crippen molar-refractivity contribution in [1.82, 2.24) is 4.90 Å². The lowest BCUT2D eigenvalue weighted by atomic mass is 10.1. The van der Waals surface area contributed by atoms with Gasteiger partial charge in [0.05, 0.1) is 16.9 Å². The van der Waals surface area contributed by atoms with Crippen LogP contribution >= 0.6 is 19.2 Å². The van der Waals surface area contributed by atoms with Crippen LogP contribution in [-0.2, 0) is 17.3 Å². The summed E-state index contributed by atoms with van der Waals surface area (Å²) in [5.41, 5.74) is 2.91. The maximum absolute atomic E-state index is 11.0. The summed E-state index contributed by atoms with van der Waals surface area (Å²) in [5.74, 6) is 0. The van der Waals surface area contributed by atoms with Crippen LogP contribution in [0.25, 0.3) is 0 Å². The number of anilines is 1. The first-order valence-electron chi connectivity index (χ1n) is 8.25. The molecule has 25 heavy (non-hydrogen) atoms. The lowest BCUT2D eigenvalue weighted by Crippen LogP contribution is -2.46. The molecule has 0 unspecified atom stereocenters. The van der Waals surface area contributed by atoms with E-state index in [9.17, 15) is 4.57 Å². The zero-order valence-corrected chi connectivity index (χ0v) is 15.5. The highest BCUT2D eigenvalue weighted by Gasteiger charge is 2.19. The molecule has 3 rings (SSSR count). The van der Waals surface area contributed by atoms with Crippen molar-refractivity contribution >= 4 is 24.9 Å². The van der Waals surface area contributed by atoms with Gasteiger partial charge in [-0.25, -0.2) is 0 Å². The van der Waals surface area contributed by atoms with Gasteiger partial charge in [0, 0.05) is 32.7 Å². The van der Waals surface area contributed by atoms with Crippen LogP contribution in [-0.4, -0.2) is 40.9 Å². The monoisotopic (exact) mass is 380 g/mol. The fourth-order valence-electron chi connectivity index (χ4n) is 3.10. The van der Waals surface area contributed by atoms with Gasteiger partial charge in [0.2, 0.25) is 0 Å². The molecule has 0 aliphatic carbocycles. The Bertz CT molecular complexity index is 755. The van der Waals surface area contributed by atoms with Gasteiger partial charge in [0.1, 0.15) is 0 Å². The van der Waals surface area contributed by atoms with Gasteiger partial charge in [-0.1, -0.05) is 48.0 Å². The first kappa shape index (κ1) is 18.4. The first-order chi connectivity index (χ1) is 11.9. The molecule has 0 atom stereocenters. The highest BCUT2D eigenvalue weighted by atomic mass is 35.5. The second-order valence-electron chi connectivity index (χ2n) is 6.35. The van der Waals surface area contributed by atoms with E-state index in [0.29, 0.717) is 5.56 Å². The summed E-state index contributed by atoms with van der Waals surface area (Å²) in [7, 11) is -4.00. The smallest absolute Gasteiger partial charge is 0.329 e. The lowest BCUT2D eigenvalue weighted by Gasteiger charge is -2.36. The van der Waals surface area contributed by atoms with Crippen molar-refractivity contribution < 1.29 is 14.4 Å². The minimum Gasteiger partial charge on any atom is -0.368 e. The molecule has 2 N–H and O–H groups in total. The molecule has 0 aromatic heterocycles. The topological polar surface area (TPSA) is 64.0 Å². The molecule has 2 aromatic rings. The van der Waals surface area contributed by atoms with Crippen molar-refractivity contribution in [1.29, 1.82) is 0 Å². The quantitative estimate of drug-likeness (QED) is 0.779. The van der Waals surface area contributed by atoms with Crippen LogP contribution in [0.1, 0.15) is 11.1 Å². The maximum Gasteiger partial charge on any atom is 0.329 e. The Morgan fingerprint density at radius 3 is 2.12 bits per heavy atom. The lowest BCUT2D eigenvalue weighted by molar-refractivity contribution is 0.250. The average Bonchev–Trinajstić information content (AvgIpc) is 2.57. The minimum absolute atomic E-state index is 0.205. The van der Waals surface area contributed by atoms with E-state index in [1.807, 2.05) is 30.3 Å². The maximum atomic E-state index is 11.0. The van der Waals surface area contributed by atoms with E-state index >= 15 is 0 Å². The van der Waals surface area contributed by atoms with Crippen LogP contribution in [0.2, 0.25) is 5.02 Å². The second-order valence-corrected chi connectivity index (χ2v) is 8.41. The molecule has 134 valence electrons. The largest absolute Gasteiger partial charge is 0.368 e. The van der Waals surface area contributed by atoms with Crippen molar-refractivity contribution in [2.75, 3.05) is 31.1 Å². The summed E-state index contributed by atoms with van der Waals surface area (Å²) in [4.78, 5) is 22.7. The van der Waals surface area contributed by atoms with E-state index in [4.69, 9.17) is 21.4 Å². The standard InChI is InChI=1S/C18H22ClN2O3P/c19-17-3-1-2-4-18(17)21-11-9-20(10-12-21)13-15-5-7-16(8-6-15)14-25(22,23)24/h1-8H,9-14H2,(H2,22,23,24). The number of hydrogen-bond acceptors (Lipinski definition) is 3. The summed E-state index contributed by atoms with van der Waals surface area (Å²) in [6, 6.07) is 15.4. The van der Waals surface area contributed by atoms with Crippen LogP contribution in [0.5, 0.6) is 0 Å². The Hall–Kier alpha value is -1.36. The van der Waals surface area contributed by atoms with Gasteiger partial charge in [0.25, 0.3) is 0 Å². The molecule has 7 heteroatoms. The number of halogens is 1. The number of rotatable bonds is 5. The fraction of sp³-hybridized carbons (Fsp3) is 0.333. The first-order valence-corrected chi connectivity index (χ1v) is 10.4. The molecule has 1 saturated heterocycles. The van der Waals surface area contributed by atoms with Gasteiger partial charge >= 0.3 is 7.60 Å². The Balaban J connectivity index is 1.54. The second kappa shape index (κ2) is 7.90. The summed E-state index contributed by atoms with van der Waals surface area (Å²) in [6.07, 6.45) is -0.205. The predicted octanol–water partition coefficient (Wildman–Crippen LogP) is 3.34. The van der Waals surface area contributed by atoms with Gasteiger partial charge in [0.15, 0.2) is 0 Å². The van der Waals surface area contributed by atoms with Gasteiger partial charge < -0.3 is 14.7 Å². The molecule has 1 aliphatic rings. The van der Waals surface area contributed by atoms with E-state index in [1.165, 1.54) is 0 Å². The third-order valence-corrected chi connectivity index (χ3v) is 5.48. The van der Waals surface area contributed by atoms with Gasteiger partial charge in [-0.3, -0.25) is 9.46 Å². The highest BCUT2D eigenvalue weighted by molar-refractivity contribution is 7.50. The SMILES string of the molecule is O=P(O)(O)Cc1ccc(CN2CCN(c3ccccc3Cl)CC2)cc1. The van der Waals surface area contributed by atoms with Crippen LogP contribution in [0.3, 0.4) is 0 Å². The normalized spacial score (nSPS) is 16.2. The number of para-hydroxylation sites is 1. The Morgan fingerprint density at radius 2 is 1.52 bits per heavy atom. The number of piperazine rings is 1. The van der Waals surface area contributed by atoms with Crippen molar-refractivity contribution in [3.8, 4) is 0 Å². The van der Waals surface area contributed by atoms with Crippen molar-refractivity contribution in [3.05, 3.63) is 64.7 Å². The van der Waals surface area contributed by atoms with E-state index in [1.54, 1.807) is 12.1 Å². The Labute approximate surface area is 153 Å². The molecule has 2 aromatic carbocycles. The molecule has 1 aliphatic heterocycles. The summed E-state index contributed by atoms with van der Waals surface area (Å²) >= 11 is 6.27. The molecular formula is C18H22ClN2O3P. The van der Waals surface area contributed by atoms with Crippen molar-refractivity contribution in [2.45, 2.75) is 12.7 Å². The van der Waals surface area contributed by atoms with E-state index in [-0.39, 0.29) is 6.16 Å². The summed E-state index contributed by atoms with van der Waals surface area (Å²) < 4.78 is 11.0. The molecule has 5 nitrogen and oxygen atoms in total. The molecule has 0 spiro atoms. The third-order valence-electron chi connectivity index (χ3n) is 4.38. The van der Waals surface area contributed by atoms with E-state index < -0.39 is 7.60 Å². The van der Waals surface area contributed by atoms with E-state index in [0.717, 1.165) is 49.0 Å². The Morgan fingerprint density at radius 1 is 0.920 bits per heavy atom. The highest BCUT2D eigenvalue weighted by Crippen LogP contribution is 2.38. The van der Waals surface area contributed by atoms with Gasteiger partial charge in [-0.15, -0.1) is 0 Å². The van der Waals surface area contributed by atoms with E-state index in [2.05, 4.69) is 15.9 Å². The van der Waals surface area contributed by atoms with Crippen molar-refractivity contribution in [2.24, 2.45) is 0 Å². The van der Waals surface area contributed by atoms with Crippen molar-refractivity contribution in [3.63, 3.8) is 0 Å². The van der Waals surface area contributed by atoms with Gasteiger partial charge in [-0.2, -0.15) is 0 Å². The van der Waals surface area contributed by atoms with Crippen LogP contribution in [0, 0.1) is 0 Å². The molecule has 0 radical (unpaired) electrons. The number of hydrogen-bond donors (Lipinski definition) is 2. The number of nitrogens with zero attached hydrogens (tertiary/aromatic N) is 2. The molecule has 1 heterocycles.